The average Bonchev–Trinajstić information content (AvgIpc) is 2.19. The van der Waals surface area contributed by atoms with Crippen LogP contribution in [0.2, 0.25) is 0 Å². The van der Waals surface area contributed by atoms with Crippen molar-refractivity contribution in [2.45, 2.75) is 16.8 Å². The van der Waals surface area contributed by atoms with Crippen molar-refractivity contribution in [3.8, 4) is 0 Å². The summed E-state index contributed by atoms with van der Waals surface area (Å²) in [5, 5.41) is 0. The Kier molecular flexibility index (Phi) is 4.67. The molecule has 1 aromatic carbocycles. The molecule has 0 atom stereocenters. The molecule has 0 aliphatic rings. The van der Waals surface area contributed by atoms with Crippen molar-refractivity contribution in [2.75, 3.05) is 6.61 Å². The van der Waals surface area contributed by atoms with Crippen LogP contribution in [0.15, 0.2) is 29.2 Å². The lowest BCUT2D eigenvalue weighted by atomic mass is 10.2. The molecule has 0 aliphatic heterocycles. The number of carbonyl (C=O) groups excluding carboxylic acids is 1. The van der Waals surface area contributed by atoms with E-state index in [0.29, 0.717) is 12.9 Å². The molecule has 0 N–H and O–H groups in total. The molecule has 88 valence electrons. The first-order valence-electron chi connectivity index (χ1n) is 4.41. The summed E-state index contributed by atoms with van der Waals surface area (Å²) in [6, 6.07) is 5.97. The Morgan fingerprint density at radius 2 is 1.88 bits per heavy atom. The van der Waals surface area contributed by atoms with Gasteiger partial charge in [-0.3, -0.25) is 4.79 Å². The van der Waals surface area contributed by atoms with Gasteiger partial charge in [0.2, 0.25) is 0 Å². The summed E-state index contributed by atoms with van der Waals surface area (Å²) < 4.78 is 40.5. The van der Waals surface area contributed by atoms with Crippen LogP contribution in [0.4, 0.5) is 13.2 Å². The summed E-state index contributed by atoms with van der Waals surface area (Å²) in [6.45, 7) is 0.573. The van der Waals surface area contributed by atoms with Gasteiger partial charge in [0.1, 0.15) is 0 Å². The van der Waals surface area contributed by atoms with E-state index in [1.807, 2.05) is 0 Å². The van der Waals surface area contributed by atoms with E-state index in [1.165, 1.54) is 12.1 Å². The van der Waals surface area contributed by atoms with Gasteiger partial charge in [0.05, 0.1) is 6.61 Å². The second-order valence-corrected chi connectivity index (χ2v) is 4.05. The minimum absolute atomic E-state index is 0.146. The summed E-state index contributed by atoms with van der Waals surface area (Å²) in [4.78, 5) is 10.0. The lowest BCUT2D eigenvalue weighted by Gasteiger charge is -2.06. The molecule has 2 nitrogen and oxygen atoms in total. The van der Waals surface area contributed by atoms with Crippen LogP contribution in [0.25, 0.3) is 0 Å². The summed E-state index contributed by atoms with van der Waals surface area (Å²) in [6.07, 6.45) is 0.496. The molecule has 1 aromatic rings. The molecule has 0 amide bonds. The molecular formula is C10H9F3O2S. The number of alkyl halides is 3. The highest BCUT2D eigenvalue weighted by Gasteiger charge is 2.28. The highest BCUT2D eigenvalue weighted by Crippen LogP contribution is 2.36. The fourth-order valence-electron chi connectivity index (χ4n) is 1.08. The molecule has 0 radical (unpaired) electrons. The molecule has 1 rings (SSSR count). The Morgan fingerprint density at radius 1 is 1.25 bits per heavy atom. The Morgan fingerprint density at radius 3 is 2.38 bits per heavy atom. The van der Waals surface area contributed by atoms with E-state index in [9.17, 15) is 18.0 Å². The van der Waals surface area contributed by atoms with Crippen LogP contribution in [0, 0.1) is 0 Å². The Bertz CT molecular complexity index is 335. The third-order valence-corrected chi connectivity index (χ3v) is 2.47. The topological polar surface area (TPSA) is 26.3 Å². The standard InChI is InChI=1S/C10H9F3O2S/c11-10(12,13)16-9-3-1-8(2-4-9)5-6-15-7-14/h1-4,7H,5-6H2. The molecule has 0 unspecified atom stereocenters. The maximum absolute atomic E-state index is 12.0. The first kappa shape index (κ1) is 12.9. The van der Waals surface area contributed by atoms with Gasteiger partial charge in [-0.25, -0.2) is 0 Å². The predicted molar refractivity (Wildman–Crippen MR) is 54.1 cm³/mol. The fourth-order valence-corrected chi connectivity index (χ4v) is 1.62. The zero-order chi connectivity index (χ0) is 12.0. The number of benzene rings is 1. The Balaban J connectivity index is 2.51. The maximum atomic E-state index is 12.0. The van der Waals surface area contributed by atoms with Crippen LogP contribution >= 0.6 is 11.8 Å². The van der Waals surface area contributed by atoms with Gasteiger partial charge in [-0.2, -0.15) is 13.2 Å². The third kappa shape index (κ3) is 5.06. The summed E-state index contributed by atoms with van der Waals surface area (Å²) in [5.41, 5.74) is -3.43. The zero-order valence-electron chi connectivity index (χ0n) is 8.16. The highest BCUT2D eigenvalue weighted by molar-refractivity contribution is 8.00. The van der Waals surface area contributed by atoms with Crippen LogP contribution in [-0.2, 0) is 16.0 Å². The first-order chi connectivity index (χ1) is 7.51. The average molecular weight is 250 g/mol. The fraction of sp³-hybridized carbons (Fsp3) is 0.300. The second-order valence-electron chi connectivity index (χ2n) is 2.91. The van der Waals surface area contributed by atoms with Gasteiger partial charge < -0.3 is 4.74 Å². The third-order valence-electron chi connectivity index (χ3n) is 1.73. The monoisotopic (exact) mass is 250 g/mol. The van der Waals surface area contributed by atoms with Crippen LogP contribution < -0.4 is 0 Å². The van der Waals surface area contributed by atoms with Crippen molar-refractivity contribution < 1.29 is 22.7 Å². The smallest absolute Gasteiger partial charge is 0.446 e. The largest absolute Gasteiger partial charge is 0.468 e. The van der Waals surface area contributed by atoms with Crippen molar-refractivity contribution in [2.24, 2.45) is 0 Å². The molecule has 0 saturated heterocycles. The number of carbonyl (C=O) groups is 1. The van der Waals surface area contributed by atoms with Gasteiger partial charge in [0.25, 0.3) is 6.47 Å². The summed E-state index contributed by atoms with van der Waals surface area (Å²) in [5.74, 6) is 0. The van der Waals surface area contributed by atoms with E-state index >= 15 is 0 Å². The van der Waals surface area contributed by atoms with Crippen molar-refractivity contribution in [1.29, 1.82) is 0 Å². The van der Waals surface area contributed by atoms with Gasteiger partial charge in [-0.05, 0) is 29.5 Å². The maximum Gasteiger partial charge on any atom is 0.446 e. The van der Waals surface area contributed by atoms with Gasteiger partial charge in [0.15, 0.2) is 0 Å². The van der Waals surface area contributed by atoms with E-state index < -0.39 is 5.51 Å². The summed E-state index contributed by atoms with van der Waals surface area (Å²) in [7, 11) is 0. The van der Waals surface area contributed by atoms with Gasteiger partial charge in [-0.15, -0.1) is 0 Å². The van der Waals surface area contributed by atoms with E-state index in [4.69, 9.17) is 0 Å². The molecule has 0 fully saturated rings. The quantitative estimate of drug-likeness (QED) is 0.456. The molecule has 6 heteroatoms. The number of ether oxygens (including phenoxy) is 1. The number of hydrogen-bond acceptors (Lipinski definition) is 3. The lowest BCUT2D eigenvalue weighted by Crippen LogP contribution is -1.99. The van der Waals surface area contributed by atoms with E-state index in [1.54, 1.807) is 12.1 Å². The van der Waals surface area contributed by atoms with E-state index in [-0.39, 0.29) is 23.3 Å². The number of rotatable bonds is 5. The van der Waals surface area contributed by atoms with Crippen LogP contribution in [0.3, 0.4) is 0 Å². The number of thioether (sulfide) groups is 1. The van der Waals surface area contributed by atoms with Crippen LogP contribution in [0.1, 0.15) is 5.56 Å². The van der Waals surface area contributed by atoms with Gasteiger partial charge >= 0.3 is 5.51 Å². The molecule has 0 aliphatic carbocycles. The SMILES string of the molecule is O=COCCc1ccc(SC(F)(F)F)cc1. The normalized spacial score (nSPS) is 11.2. The molecule has 0 saturated carbocycles. The Labute approximate surface area is 94.8 Å². The molecule has 0 aromatic heterocycles. The molecule has 0 bridgehead atoms. The van der Waals surface area contributed by atoms with Crippen molar-refractivity contribution in [3.05, 3.63) is 29.8 Å². The van der Waals surface area contributed by atoms with Crippen LogP contribution in [-0.4, -0.2) is 18.6 Å². The number of hydrogen-bond donors (Lipinski definition) is 0. The predicted octanol–water partition coefficient (Wildman–Crippen LogP) is 3.01. The minimum Gasteiger partial charge on any atom is -0.468 e. The second kappa shape index (κ2) is 5.79. The van der Waals surface area contributed by atoms with Crippen LogP contribution in [0.5, 0.6) is 0 Å². The van der Waals surface area contributed by atoms with Crippen molar-refractivity contribution in [1.82, 2.24) is 0 Å². The Hall–Kier alpha value is -1.17. The van der Waals surface area contributed by atoms with Crippen molar-refractivity contribution in [3.63, 3.8) is 0 Å². The highest BCUT2D eigenvalue weighted by atomic mass is 32.2. The minimum atomic E-state index is -4.26. The van der Waals surface area contributed by atoms with Gasteiger partial charge in [-0.1, -0.05) is 12.1 Å². The molecule has 0 heterocycles. The molecule has 16 heavy (non-hydrogen) atoms. The zero-order valence-corrected chi connectivity index (χ0v) is 8.98. The number of halogens is 3. The van der Waals surface area contributed by atoms with E-state index in [0.717, 1.165) is 5.56 Å². The molecular weight excluding hydrogens is 241 g/mol. The summed E-state index contributed by atoms with van der Waals surface area (Å²) >= 11 is -0.150. The van der Waals surface area contributed by atoms with Gasteiger partial charge in [0, 0.05) is 11.3 Å². The van der Waals surface area contributed by atoms with Crippen molar-refractivity contribution >= 4 is 18.2 Å². The lowest BCUT2D eigenvalue weighted by molar-refractivity contribution is -0.128. The molecule has 0 spiro atoms. The first-order valence-corrected chi connectivity index (χ1v) is 5.23. The van der Waals surface area contributed by atoms with E-state index in [2.05, 4.69) is 4.74 Å².